The van der Waals surface area contributed by atoms with Crippen LogP contribution in [0.5, 0.6) is 23.0 Å². The summed E-state index contributed by atoms with van der Waals surface area (Å²) in [5, 5.41) is 8.74. The minimum absolute atomic E-state index is 0. The number of benzene rings is 4. The Bertz CT molecular complexity index is 964. The molecule has 4 rings (SSSR count). The molecule has 0 heterocycles. The van der Waals surface area contributed by atoms with Crippen molar-refractivity contribution in [2.75, 3.05) is 21.3 Å². The van der Waals surface area contributed by atoms with E-state index in [4.69, 9.17) is 35.0 Å². The lowest BCUT2D eigenvalue weighted by molar-refractivity contribution is 0.414. The molecule has 0 atom stereocenters. The Morgan fingerprint density at radius 1 is 0.462 bits per heavy atom. The topological polar surface area (TPSA) is 47.9 Å². The van der Waals surface area contributed by atoms with E-state index in [0.29, 0.717) is 5.75 Å². The van der Waals surface area contributed by atoms with Crippen molar-refractivity contribution < 1.29 is 38.1 Å². The Balaban J connectivity index is -0.000000203. The van der Waals surface area contributed by atoms with Crippen LogP contribution in [0.15, 0.2) is 106 Å². The van der Waals surface area contributed by atoms with Gasteiger partial charge in [0.2, 0.25) is 0 Å². The van der Waals surface area contributed by atoms with Crippen LogP contribution in [-0.2, 0) is 0 Å². The highest BCUT2D eigenvalue weighted by Gasteiger charge is 1.88. The molecular formula is C27H30B2Br2F4O4. The van der Waals surface area contributed by atoms with Gasteiger partial charge >= 0.3 is 0 Å². The van der Waals surface area contributed by atoms with E-state index in [9.17, 15) is 0 Å². The van der Waals surface area contributed by atoms with Crippen molar-refractivity contribution in [2.45, 2.75) is 0 Å². The maximum atomic E-state index is 8.74. The van der Waals surface area contributed by atoms with E-state index in [2.05, 4.69) is 31.9 Å². The van der Waals surface area contributed by atoms with Crippen LogP contribution in [0, 0.1) is 0 Å². The fourth-order valence-electron chi connectivity index (χ4n) is 2.22. The first-order valence-electron chi connectivity index (χ1n) is 10.3. The van der Waals surface area contributed by atoms with E-state index in [1.54, 1.807) is 69.9 Å². The zero-order valence-electron chi connectivity index (χ0n) is 21.5. The normalized spacial score (nSPS) is 8.13. The Hall–Kier alpha value is -3.11. The van der Waals surface area contributed by atoms with Gasteiger partial charge in [-0.2, -0.15) is 0 Å². The molecule has 0 spiro atoms. The lowest BCUT2D eigenvalue weighted by Gasteiger charge is -1.97. The molecule has 0 bridgehead atoms. The van der Waals surface area contributed by atoms with Crippen LogP contribution in [0.1, 0.15) is 0 Å². The third-order valence-electron chi connectivity index (χ3n) is 4.11. The van der Waals surface area contributed by atoms with E-state index < -0.39 is 0 Å². The molecule has 0 aliphatic rings. The van der Waals surface area contributed by atoms with Gasteiger partial charge in [-0.15, -0.1) is 0 Å². The van der Waals surface area contributed by atoms with Gasteiger partial charge in [0.15, 0.2) is 0 Å². The van der Waals surface area contributed by atoms with Crippen molar-refractivity contribution >= 4 is 58.5 Å². The summed E-state index contributed by atoms with van der Waals surface area (Å²) in [4.78, 5) is 0. The van der Waals surface area contributed by atoms with Gasteiger partial charge in [0.25, 0.3) is 0 Å². The second-order valence-corrected chi connectivity index (χ2v) is 8.51. The zero-order valence-corrected chi connectivity index (χ0v) is 24.6. The molecule has 4 radical (unpaired) electrons. The van der Waals surface area contributed by atoms with Crippen molar-refractivity contribution in [3.8, 4) is 23.0 Å². The maximum absolute atomic E-state index is 8.74. The molecule has 4 nitrogen and oxygen atoms in total. The van der Waals surface area contributed by atoms with Crippen LogP contribution in [0.2, 0.25) is 0 Å². The van der Waals surface area contributed by atoms with E-state index >= 15 is 0 Å². The van der Waals surface area contributed by atoms with Crippen LogP contribution >= 0.6 is 31.9 Å². The van der Waals surface area contributed by atoms with Gasteiger partial charge in [-0.3, -0.25) is 18.8 Å². The fraction of sp³-hybridized carbons (Fsp3) is 0.111. The van der Waals surface area contributed by atoms with E-state index in [-0.39, 0.29) is 18.8 Å². The third-order valence-corrected chi connectivity index (χ3v) is 5.16. The summed E-state index contributed by atoms with van der Waals surface area (Å²) in [6.45, 7) is 0. The fourth-order valence-corrected chi connectivity index (χ4v) is 2.75. The predicted molar refractivity (Wildman–Crippen MR) is 163 cm³/mol. The average Bonchev–Trinajstić information content (AvgIpc) is 2.88. The summed E-state index contributed by atoms with van der Waals surface area (Å²) in [6.07, 6.45) is 0. The minimum Gasteiger partial charge on any atom is -0.508 e. The van der Waals surface area contributed by atoms with Crippen molar-refractivity contribution in [2.24, 2.45) is 0 Å². The molecule has 4 aromatic carbocycles. The van der Waals surface area contributed by atoms with Crippen LogP contribution in [0.4, 0.5) is 18.8 Å². The molecule has 0 aromatic heterocycles. The van der Waals surface area contributed by atoms with Crippen molar-refractivity contribution in [1.82, 2.24) is 0 Å². The van der Waals surface area contributed by atoms with E-state index in [1.807, 2.05) is 48.5 Å². The number of hydrogen-bond acceptors (Lipinski definition) is 4. The molecular weight excluding hydrogens is 646 g/mol. The SMILES string of the molecule is COc1ccc(Br)cc1.F.F.F.F.Oc1ccc(Br)cc1.[B]c1ccc(OC)cc1.[B]c1ccc(OC)cc1. The minimum atomic E-state index is 0. The van der Waals surface area contributed by atoms with Crippen LogP contribution in [0.3, 0.4) is 0 Å². The number of hydrogen-bond donors (Lipinski definition) is 1. The number of ether oxygens (including phenoxy) is 3. The summed E-state index contributed by atoms with van der Waals surface area (Å²) < 4.78 is 16.8. The van der Waals surface area contributed by atoms with Crippen LogP contribution in [-0.4, -0.2) is 42.1 Å². The summed E-state index contributed by atoms with van der Waals surface area (Å²) in [5.74, 6) is 2.86. The Morgan fingerprint density at radius 2 is 0.692 bits per heavy atom. The molecule has 0 fully saturated rings. The van der Waals surface area contributed by atoms with Crippen LogP contribution in [0.25, 0.3) is 0 Å². The number of halogens is 6. The first kappa shape index (κ1) is 43.0. The molecule has 0 aliphatic heterocycles. The summed E-state index contributed by atoms with van der Waals surface area (Å²) in [5.41, 5.74) is 1.52. The van der Waals surface area contributed by atoms with E-state index in [0.717, 1.165) is 37.1 Å². The molecule has 0 unspecified atom stereocenters. The van der Waals surface area contributed by atoms with Gasteiger partial charge in [-0.1, -0.05) is 67.1 Å². The molecule has 0 aliphatic carbocycles. The average molecular weight is 676 g/mol. The summed E-state index contributed by atoms with van der Waals surface area (Å²) >= 11 is 6.55. The molecule has 1 N–H and O–H groups in total. The van der Waals surface area contributed by atoms with Gasteiger partial charge in [0.05, 0.1) is 21.3 Å². The van der Waals surface area contributed by atoms with Gasteiger partial charge < -0.3 is 19.3 Å². The van der Waals surface area contributed by atoms with Gasteiger partial charge in [-0.25, -0.2) is 0 Å². The standard InChI is InChI=1S/2C7H7BO.C7H7BrO.C6H5BrO.4FH/c3*1-9-7-4-2-6(8)3-5-7;7-5-1-3-6(8)4-2-5;;;;/h3*2-5H,1H3;1-4,8H;4*1H. The second kappa shape index (κ2) is 25.2. The maximum Gasteiger partial charge on any atom is 0.118 e. The van der Waals surface area contributed by atoms with Gasteiger partial charge in [0, 0.05) is 8.95 Å². The number of rotatable bonds is 3. The molecule has 210 valence electrons. The lowest BCUT2D eigenvalue weighted by Crippen LogP contribution is -1.99. The summed E-state index contributed by atoms with van der Waals surface area (Å²) in [6, 6.07) is 29.1. The smallest absolute Gasteiger partial charge is 0.118 e. The largest absolute Gasteiger partial charge is 0.508 e. The first-order valence-corrected chi connectivity index (χ1v) is 11.9. The molecule has 0 saturated carbocycles. The Kier molecular flexibility index (Phi) is 27.7. The van der Waals surface area contributed by atoms with E-state index in [1.165, 1.54) is 0 Å². The number of aromatic hydroxyl groups is 1. The number of methoxy groups -OCH3 is 3. The highest BCUT2D eigenvalue weighted by Crippen LogP contribution is 2.15. The van der Waals surface area contributed by atoms with Crippen molar-refractivity contribution in [1.29, 1.82) is 0 Å². The highest BCUT2D eigenvalue weighted by molar-refractivity contribution is 9.10. The Labute approximate surface area is 246 Å². The van der Waals surface area contributed by atoms with Crippen molar-refractivity contribution in [3.05, 3.63) is 106 Å². The second-order valence-electron chi connectivity index (χ2n) is 6.68. The number of phenolic OH excluding ortho intramolecular Hbond substituents is 1. The molecule has 39 heavy (non-hydrogen) atoms. The predicted octanol–water partition coefficient (Wildman–Crippen LogP) is 6.20. The monoisotopic (exact) mass is 674 g/mol. The first-order chi connectivity index (χ1) is 16.8. The lowest BCUT2D eigenvalue weighted by atomic mass is 9.97. The van der Waals surface area contributed by atoms with Gasteiger partial charge in [0.1, 0.15) is 38.7 Å². The molecule has 0 amide bonds. The Morgan fingerprint density at radius 3 is 0.923 bits per heavy atom. The molecule has 0 saturated heterocycles. The quantitative estimate of drug-likeness (QED) is 0.208. The van der Waals surface area contributed by atoms with Crippen molar-refractivity contribution in [3.63, 3.8) is 0 Å². The highest BCUT2D eigenvalue weighted by atomic mass is 79.9. The third kappa shape index (κ3) is 20.5. The summed E-state index contributed by atoms with van der Waals surface area (Å²) in [7, 11) is 15.8. The molecule has 4 aromatic rings. The number of phenols is 1. The van der Waals surface area contributed by atoms with Gasteiger partial charge in [-0.05, 0) is 72.8 Å². The van der Waals surface area contributed by atoms with Crippen LogP contribution < -0.4 is 25.1 Å². The zero-order chi connectivity index (χ0) is 26.1. The molecule has 12 heteroatoms.